The lowest BCUT2D eigenvalue weighted by molar-refractivity contribution is 0.208. The van der Waals surface area contributed by atoms with Gasteiger partial charge in [0.15, 0.2) is 0 Å². The van der Waals surface area contributed by atoms with Crippen LogP contribution in [-0.2, 0) is 19.3 Å². The Kier molecular flexibility index (Phi) is 6.96. The molecule has 1 aliphatic carbocycles. The first-order valence-corrected chi connectivity index (χ1v) is 14.0. The monoisotopic (exact) mass is 491 g/mol. The second-order valence-corrected chi connectivity index (χ2v) is 11.3. The number of fused-ring (bicyclic) bond motifs is 3. The molecule has 5 rings (SSSR count). The zero-order chi connectivity index (χ0) is 24.5. The summed E-state index contributed by atoms with van der Waals surface area (Å²) < 4.78 is 0. The van der Waals surface area contributed by atoms with E-state index in [2.05, 4.69) is 50.0 Å². The average Bonchev–Trinajstić information content (AvgIpc) is 3.25. The van der Waals surface area contributed by atoms with Crippen LogP contribution in [0.5, 0.6) is 0 Å². The first-order valence-electron chi connectivity index (χ1n) is 13.2. The van der Waals surface area contributed by atoms with Gasteiger partial charge < -0.3 is 15.1 Å². The van der Waals surface area contributed by atoms with Crippen molar-refractivity contribution in [1.29, 1.82) is 0 Å². The van der Waals surface area contributed by atoms with Gasteiger partial charge in [-0.1, -0.05) is 39.8 Å². The van der Waals surface area contributed by atoms with Gasteiger partial charge in [-0.3, -0.25) is 0 Å². The maximum atomic E-state index is 13.0. The highest BCUT2D eigenvalue weighted by Gasteiger charge is 2.29. The Bertz CT molecular complexity index is 1210. The number of anilines is 2. The summed E-state index contributed by atoms with van der Waals surface area (Å²) in [4.78, 5) is 30.1. The van der Waals surface area contributed by atoms with E-state index in [4.69, 9.17) is 9.97 Å². The molecule has 1 N–H and O–H groups in total. The second kappa shape index (κ2) is 10.1. The molecule has 0 spiro atoms. The predicted octanol–water partition coefficient (Wildman–Crippen LogP) is 6.25. The zero-order valence-corrected chi connectivity index (χ0v) is 22.2. The van der Waals surface area contributed by atoms with Crippen molar-refractivity contribution >= 4 is 39.1 Å². The Balaban J connectivity index is 1.37. The second-order valence-electron chi connectivity index (χ2n) is 10.2. The van der Waals surface area contributed by atoms with Crippen molar-refractivity contribution in [3.05, 3.63) is 46.1 Å². The summed E-state index contributed by atoms with van der Waals surface area (Å²) in [5.41, 5.74) is 3.57. The highest BCUT2D eigenvalue weighted by Crippen LogP contribution is 2.42. The van der Waals surface area contributed by atoms with Gasteiger partial charge >= 0.3 is 6.03 Å². The third kappa shape index (κ3) is 4.88. The van der Waals surface area contributed by atoms with E-state index in [9.17, 15) is 4.79 Å². The molecule has 35 heavy (non-hydrogen) atoms. The van der Waals surface area contributed by atoms with Crippen LogP contribution in [0.1, 0.15) is 68.3 Å². The lowest BCUT2D eigenvalue weighted by Gasteiger charge is -2.36. The zero-order valence-electron chi connectivity index (χ0n) is 21.4. The van der Waals surface area contributed by atoms with Crippen molar-refractivity contribution in [2.45, 2.75) is 65.7 Å². The molecule has 0 radical (unpaired) electrons. The highest BCUT2D eigenvalue weighted by molar-refractivity contribution is 7.19. The largest absolute Gasteiger partial charge is 0.352 e. The van der Waals surface area contributed by atoms with Gasteiger partial charge in [0.25, 0.3) is 0 Å². The normalized spacial score (nSPS) is 19.0. The van der Waals surface area contributed by atoms with E-state index < -0.39 is 0 Å². The summed E-state index contributed by atoms with van der Waals surface area (Å²) in [6.07, 6.45) is 5.49. The van der Waals surface area contributed by atoms with Crippen LogP contribution < -0.4 is 10.2 Å². The summed E-state index contributed by atoms with van der Waals surface area (Å²) in [6.45, 7) is 11.9. The number of carbonyl (C=O) groups excluding carboxylic acids is 1. The number of urea groups is 1. The molecule has 3 aromatic rings. The van der Waals surface area contributed by atoms with Crippen LogP contribution in [0.4, 0.5) is 16.3 Å². The molecular weight excluding hydrogens is 454 g/mol. The molecule has 0 bridgehead atoms. The summed E-state index contributed by atoms with van der Waals surface area (Å²) in [7, 11) is 0. The van der Waals surface area contributed by atoms with Gasteiger partial charge in [0, 0.05) is 42.7 Å². The first kappa shape index (κ1) is 24.0. The number of rotatable bonds is 5. The van der Waals surface area contributed by atoms with E-state index in [0.717, 1.165) is 66.9 Å². The number of hydrogen-bond acceptors (Lipinski definition) is 5. The summed E-state index contributed by atoms with van der Waals surface area (Å²) in [5.74, 6) is 3.12. The molecule has 1 fully saturated rings. The maximum Gasteiger partial charge on any atom is 0.321 e. The van der Waals surface area contributed by atoms with E-state index in [0.29, 0.717) is 19.0 Å². The lowest BCUT2D eigenvalue weighted by atomic mass is 9.89. The Morgan fingerprint density at radius 2 is 2.00 bits per heavy atom. The molecule has 1 aromatic carbocycles. The number of nitrogens with one attached hydrogen (secondary N) is 1. The minimum Gasteiger partial charge on any atom is -0.352 e. The highest BCUT2D eigenvalue weighted by atomic mass is 32.1. The Hall–Kier alpha value is -2.67. The standard InChI is InChI=1S/C28H37N5OS/c1-5-19(4)25-30-26(24-22-11-10-18(3)16-23(22)35-27(24)31-25)32-12-14-33(15-13-32)28(34)29-21-9-7-8-20(6-2)17-21/h7-9,17-19H,5-6,10-16H2,1-4H3,(H,29,34)/t18-,19+/m0/s1. The molecular formula is C28H37N5OS. The molecule has 2 aromatic heterocycles. The smallest absolute Gasteiger partial charge is 0.321 e. The maximum absolute atomic E-state index is 13.0. The number of thiophene rings is 1. The van der Waals surface area contributed by atoms with Crippen LogP contribution in [-0.4, -0.2) is 47.1 Å². The molecule has 2 amide bonds. The minimum absolute atomic E-state index is 0.0204. The Labute approximate surface area is 212 Å². The van der Waals surface area contributed by atoms with Crippen molar-refractivity contribution in [1.82, 2.24) is 14.9 Å². The van der Waals surface area contributed by atoms with Crippen LogP contribution in [0.25, 0.3) is 10.2 Å². The fourth-order valence-electron chi connectivity index (χ4n) is 5.16. The number of piperazine rings is 1. The third-order valence-corrected chi connectivity index (χ3v) is 8.81. The molecule has 2 aliphatic rings. The van der Waals surface area contributed by atoms with Crippen molar-refractivity contribution in [3.8, 4) is 0 Å². The van der Waals surface area contributed by atoms with Gasteiger partial charge in [0.2, 0.25) is 0 Å². The predicted molar refractivity (Wildman–Crippen MR) is 146 cm³/mol. The molecule has 0 unspecified atom stereocenters. The van der Waals surface area contributed by atoms with E-state index >= 15 is 0 Å². The minimum atomic E-state index is -0.0204. The number of nitrogens with zero attached hydrogens (tertiary/aromatic N) is 4. The van der Waals surface area contributed by atoms with Crippen LogP contribution >= 0.6 is 11.3 Å². The fraction of sp³-hybridized carbons (Fsp3) is 0.536. The molecule has 2 atom stereocenters. The summed E-state index contributed by atoms with van der Waals surface area (Å²) in [6, 6.07) is 8.09. The molecule has 6 nitrogen and oxygen atoms in total. The summed E-state index contributed by atoms with van der Waals surface area (Å²) >= 11 is 1.88. The number of aromatic nitrogens is 2. The molecule has 3 heterocycles. The molecule has 1 saturated heterocycles. The molecule has 0 saturated carbocycles. The first-order chi connectivity index (χ1) is 17.0. The van der Waals surface area contributed by atoms with Gasteiger partial charge in [-0.2, -0.15) is 0 Å². The van der Waals surface area contributed by atoms with Crippen molar-refractivity contribution < 1.29 is 4.79 Å². The molecule has 7 heteroatoms. The van der Waals surface area contributed by atoms with Gasteiger partial charge in [0.05, 0.1) is 5.39 Å². The fourth-order valence-corrected chi connectivity index (χ4v) is 6.55. The lowest BCUT2D eigenvalue weighted by Crippen LogP contribution is -2.50. The van der Waals surface area contributed by atoms with E-state index in [1.54, 1.807) is 0 Å². The van der Waals surface area contributed by atoms with Crippen LogP contribution in [0.3, 0.4) is 0 Å². The van der Waals surface area contributed by atoms with Gasteiger partial charge in [-0.25, -0.2) is 14.8 Å². The Morgan fingerprint density at radius 1 is 1.20 bits per heavy atom. The van der Waals surface area contributed by atoms with Gasteiger partial charge in [-0.05, 0) is 61.3 Å². The van der Waals surface area contributed by atoms with E-state index in [-0.39, 0.29) is 6.03 Å². The van der Waals surface area contributed by atoms with Crippen LogP contribution in [0.2, 0.25) is 0 Å². The van der Waals surface area contributed by atoms with Gasteiger partial charge in [-0.15, -0.1) is 11.3 Å². The third-order valence-electron chi connectivity index (χ3n) is 7.66. The van der Waals surface area contributed by atoms with Crippen molar-refractivity contribution in [2.75, 3.05) is 36.4 Å². The van der Waals surface area contributed by atoms with Crippen LogP contribution in [0.15, 0.2) is 24.3 Å². The quantitative estimate of drug-likeness (QED) is 0.458. The molecule has 1 aliphatic heterocycles. The topological polar surface area (TPSA) is 61.4 Å². The number of benzene rings is 1. The van der Waals surface area contributed by atoms with Gasteiger partial charge in [0.1, 0.15) is 16.5 Å². The number of hydrogen-bond donors (Lipinski definition) is 1. The van der Waals surface area contributed by atoms with Crippen LogP contribution in [0, 0.1) is 5.92 Å². The number of carbonyl (C=O) groups is 1. The Morgan fingerprint density at radius 3 is 2.74 bits per heavy atom. The number of aryl methyl sites for hydroxylation is 2. The number of amides is 2. The summed E-state index contributed by atoms with van der Waals surface area (Å²) in [5, 5.41) is 4.36. The van der Waals surface area contributed by atoms with Crippen molar-refractivity contribution in [2.24, 2.45) is 5.92 Å². The SMILES string of the molecule is CCc1cccc(NC(=O)N2CCN(c3nc([C@H](C)CC)nc4sc5c(c34)CC[C@H](C)C5)CC2)c1. The van der Waals surface area contributed by atoms with Crippen molar-refractivity contribution in [3.63, 3.8) is 0 Å². The molecule has 186 valence electrons. The van der Waals surface area contributed by atoms with E-state index in [1.165, 1.54) is 27.8 Å². The van der Waals surface area contributed by atoms with E-state index in [1.807, 2.05) is 28.4 Å². The average molecular weight is 492 g/mol.